The van der Waals surface area contributed by atoms with Crippen molar-refractivity contribution in [3.63, 3.8) is 0 Å². The summed E-state index contributed by atoms with van der Waals surface area (Å²) in [6.45, 7) is 38.7. The number of piperazine rings is 3. The van der Waals surface area contributed by atoms with E-state index in [2.05, 4.69) is 144 Å². The van der Waals surface area contributed by atoms with Crippen LogP contribution in [-0.4, -0.2) is 187 Å². The Morgan fingerprint density at radius 3 is 1.11 bits per heavy atom. The number of nitrogens with two attached hydrogens (primary N) is 5. The van der Waals surface area contributed by atoms with Gasteiger partial charge in [-0.2, -0.15) is 0 Å². The number of hydrogen-bond acceptors (Lipinski definition) is 25. The van der Waals surface area contributed by atoms with Gasteiger partial charge in [0.05, 0.1) is 40.6 Å². The van der Waals surface area contributed by atoms with E-state index in [0.29, 0.717) is 112 Å². The molecule has 9 aromatic rings. The third kappa shape index (κ3) is 25.9. The van der Waals surface area contributed by atoms with E-state index in [0.717, 1.165) is 123 Å². The summed E-state index contributed by atoms with van der Waals surface area (Å²) < 4.78 is 21.9. The lowest BCUT2D eigenvalue weighted by Gasteiger charge is -2.36. The molecule has 28 nitrogen and oxygen atoms in total. The number of nitrogen functional groups attached to an aromatic ring is 4. The molecule has 0 spiro atoms. The number of amides is 6. The molecule has 116 heavy (non-hydrogen) atoms. The maximum atomic E-state index is 13.0. The molecule has 0 unspecified atom stereocenters. The number of pyridine rings is 3. The van der Waals surface area contributed by atoms with Crippen molar-refractivity contribution >= 4 is 162 Å². The summed E-state index contributed by atoms with van der Waals surface area (Å²) in [6.07, 6.45) is 0.990. The van der Waals surface area contributed by atoms with Gasteiger partial charge in [0.15, 0.2) is 0 Å². The molecule has 624 valence electrons. The molecule has 3 aliphatic rings. The number of ether oxygens (including phenoxy) is 4. The van der Waals surface area contributed by atoms with Gasteiger partial charge in [-0.15, -0.1) is 34.0 Å². The number of aryl methyl sites for hydroxylation is 3. The van der Waals surface area contributed by atoms with Crippen LogP contribution in [0.2, 0.25) is 0 Å². The number of aromatic nitrogens is 3. The van der Waals surface area contributed by atoms with Crippen molar-refractivity contribution in [1.82, 2.24) is 46.0 Å². The largest absolute Gasteiger partial charge is 0.460 e. The number of rotatable bonds is 17. The van der Waals surface area contributed by atoms with Crippen LogP contribution >= 0.6 is 49.9 Å². The van der Waals surface area contributed by atoms with Crippen molar-refractivity contribution in [3.05, 3.63) is 149 Å². The summed E-state index contributed by atoms with van der Waals surface area (Å²) in [4.78, 5) is 113. The first-order valence-corrected chi connectivity index (χ1v) is 42.0. The van der Waals surface area contributed by atoms with E-state index in [-0.39, 0.29) is 42.3 Å². The lowest BCUT2D eigenvalue weighted by atomic mass is 10.1. The van der Waals surface area contributed by atoms with Crippen LogP contribution in [0.1, 0.15) is 151 Å². The average molecular weight is 1710 g/mol. The molecule has 0 aliphatic carbocycles. The number of nitrogens with one attached hydrogen (secondary N) is 4. The Morgan fingerprint density at radius 1 is 0.440 bits per heavy atom. The fourth-order valence-electron chi connectivity index (χ4n) is 12.6. The topological polar surface area (TPSA) is 389 Å². The highest BCUT2D eigenvalue weighted by Crippen LogP contribution is 2.38. The summed E-state index contributed by atoms with van der Waals surface area (Å²) in [5.41, 5.74) is 39.2. The molecule has 12 rings (SSSR count). The molecule has 3 saturated heterocycles. The number of halogens is 1. The number of fused-ring (bicyclic) bond motifs is 3. The number of carbonyl (C=O) groups excluding carboxylic acids is 7. The predicted molar refractivity (Wildman–Crippen MR) is 471 cm³/mol. The van der Waals surface area contributed by atoms with E-state index in [1.807, 2.05) is 95.2 Å². The number of carbonyl (C=O) groups is 7. The van der Waals surface area contributed by atoms with Gasteiger partial charge in [-0.05, 0) is 216 Å². The second-order valence-electron chi connectivity index (χ2n) is 32.5. The molecular formula is C84H112BrN17O11S3. The number of anilines is 7. The van der Waals surface area contributed by atoms with E-state index < -0.39 is 28.5 Å². The highest BCUT2D eigenvalue weighted by molar-refractivity contribution is 9.10. The molecule has 3 aromatic carbocycles. The van der Waals surface area contributed by atoms with Gasteiger partial charge in [0.2, 0.25) is 0 Å². The lowest BCUT2D eigenvalue weighted by molar-refractivity contribution is -0.153. The van der Waals surface area contributed by atoms with Gasteiger partial charge in [-0.3, -0.25) is 19.2 Å². The molecule has 0 radical (unpaired) electrons. The summed E-state index contributed by atoms with van der Waals surface area (Å²) >= 11 is 7.35. The lowest BCUT2D eigenvalue weighted by Crippen LogP contribution is -2.50. The SMILES string of the molecule is CC(C)(C)OC(N)=O.Cc1nc2sc(C(=O)NCCc3ccc(N4CCN(C(=O)OC(C)(C)C)CC4)cc3)c(N)c2cc1Br.Cc1nc2sc(C(=O)NCCc3ccc(N4CCN(C(=O)OC(C)(C)C)CC4)cc3)c(N)c2cc1CC(=O)OC(C)(C)C.Cc1nc2sc(C(=O)NCCc3ccc(N4CCNCC4)cc3)c(N)c2cc1N. The van der Waals surface area contributed by atoms with Crippen LogP contribution in [0.3, 0.4) is 0 Å². The standard InChI is InChI=1S/C32H43N5O5S.C26H32BrN5O3S.C21H26N6OS.C5H11NO2/c1-20-22(19-25(38)41-31(2,3)4)18-24-26(33)27(43-29(24)35-20)28(39)34-13-12-21-8-10-23(11-9-21)36-14-16-37(17-15-36)30(40)42-32(5,6)7;1-16-20(27)15-19-21(28)22(36-24(19)30-16)23(33)29-10-9-17-5-7-18(8-6-17)31-11-13-32(14-12-31)25(34)35-26(2,3)4;1-13-17(22)12-16-18(23)19(29-21(16)26-13)20(28)25-7-6-14-2-4-15(5-3-14)27-10-8-24-9-11-27;1-5(2,3)8-4(6)7/h8-11,18H,12-17,19,33H2,1-7H3,(H,34,39);5-8,15H,9-14,28H2,1-4H3,(H,29,33);2-5,12,24H,6-11,22-23H2,1H3,(H,25,28);1-3H3,(H2,6,7). The average Bonchev–Trinajstić information content (AvgIpc) is 1.64. The van der Waals surface area contributed by atoms with Crippen molar-refractivity contribution < 1.29 is 52.5 Å². The third-order valence-electron chi connectivity index (χ3n) is 18.6. The Labute approximate surface area is 699 Å². The van der Waals surface area contributed by atoms with Gasteiger partial charge >= 0.3 is 24.2 Å². The van der Waals surface area contributed by atoms with Gasteiger partial charge in [0.1, 0.15) is 51.5 Å². The second-order valence-corrected chi connectivity index (χ2v) is 36.4. The first-order valence-electron chi connectivity index (χ1n) is 38.8. The van der Waals surface area contributed by atoms with Crippen molar-refractivity contribution in [3.8, 4) is 0 Å². The van der Waals surface area contributed by atoms with Gasteiger partial charge in [0, 0.05) is 142 Å². The van der Waals surface area contributed by atoms with Crippen LogP contribution < -0.4 is 64.6 Å². The van der Waals surface area contributed by atoms with Crippen LogP contribution in [0, 0.1) is 20.8 Å². The minimum Gasteiger partial charge on any atom is -0.460 e. The molecule has 3 aliphatic heterocycles. The number of thiophene rings is 3. The molecular weight excluding hydrogens is 1600 g/mol. The fourth-order valence-corrected chi connectivity index (χ4v) is 16.1. The van der Waals surface area contributed by atoms with Gasteiger partial charge in [-0.25, -0.2) is 29.3 Å². The summed E-state index contributed by atoms with van der Waals surface area (Å²) in [7, 11) is 0. The van der Waals surface area contributed by atoms with Gasteiger partial charge in [-0.1, -0.05) is 36.4 Å². The number of nitrogens with zero attached hydrogens (tertiary/aromatic N) is 8. The highest BCUT2D eigenvalue weighted by atomic mass is 79.9. The van der Waals surface area contributed by atoms with Crippen molar-refractivity contribution in [2.75, 3.05) is 136 Å². The maximum absolute atomic E-state index is 13.0. The molecule has 6 aromatic heterocycles. The molecule has 0 saturated carbocycles. The zero-order chi connectivity index (χ0) is 84.7. The van der Waals surface area contributed by atoms with E-state index in [1.54, 1.807) is 36.6 Å². The molecule has 14 N–H and O–H groups in total. The van der Waals surface area contributed by atoms with Crippen molar-refractivity contribution in [2.24, 2.45) is 5.73 Å². The molecule has 3 fully saturated rings. The van der Waals surface area contributed by atoms with E-state index >= 15 is 0 Å². The molecule has 9 heterocycles. The number of esters is 1. The monoisotopic (exact) mass is 1710 g/mol. The highest BCUT2D eigenvalue weighted by Gasteiger charge is 2.30. The van der Waals surface area contributed by atoms with Crippen LogP contribution in [0.4, 0.5) is 54.2 Å². The zero-order valence-electron chi connectivity index (χ0n) is 69.2. The molecule has 0 bridgehead atoms. The molecule has 32 heteroatoms. The van der Waals surface area contributed by atoms with E-state index in [1.165, 1.54) is 45.3 Å². The Hall–Kier alpha value is -10.3. The Bertz CT molecular complexity index is 4950. The second kappa shape index (κ2) is 39.1. The minimum absolute atomic E-state index is 0.0872. The summed E-state index contributed by atoms with van der Waals surface area (Å²) in [5, 5.41) is 14.5. The molecule has 0 atom stereocenters. The Balaban J connectivity index is 0.000000192. The first-order chi connectivity index (χ1) is 54.5. The van der Waals surface area contributed by atoms with Crippen molar-refractivity contribution in [2.45, 2.75) is 152 Å². The molecule has 6 amide bonds. The Morgan fingerprint density at radius 2 is 0.767 bits per heavy atom. The number of benzene rings is 3. The smallest absolute Gasteiger partial charge is 0.410 e. The van der Waals surface area contributed by atoms with Crippen LogP contribution in [-0.2, 0) is 49.4 Å². The van der Waals surface area contributed by atoms with E-state index in [9.17, 15) is 33.6 Å². The van der Waals surface area contributed by atoms with E-state index in [4.69, 9.17) is 42.9 Å². The summed E-state index contributed by atoms with van der Waals surface area (Å²) in [6, 6.07) is 30.8. The quantitative estimate of drug-likeness (QED) is 0.0302. The first kappa shape index (κ1) is 89.6. The third-order valence-corrected chi connectivity index (χ3v) is 22.7. The Kier molecular flexibility index (Phi) is 30.2. The van der Waals surface area contributed by atoms with Gasteiger partial charge in [0.25, 0.3) is 17.7 Å². The zero-order valence-corrected chi connectivity index (χ0v) is 73.2. The van der Waals surface area contributed by atoms with Crippen LogP contribution in [0.25, 0.3) is 30.6 Å². The summed E-state index contributed by atoms with van der Waals surface area (Å²) in [5.74, 6) is -0.924. The minimum atomic E-state index is -0.725. The van der Waals surface area contributed by atoms with Crippen LogP contribution in [0.15, 0.2) is 95.5 Å². The van der Waals surface area contributed by atoms with Crippen molar-refractivity contribution in [1.29, 1.82) is 0 Å². The number of primary amides is 1. The normalized spacial score (nSPS) is 14.0. The van der Waals surface area contributed by atoms with Gasteiger partial charge < -0.3 is 93.4 Å². The number of hydrogen-bond donors (Lipinski definition) is 9. The predicted octanol–water partition coefficient (Wildman–Crippen LogP) is 13.1. The fraction of sp³-hybridized carbons (Fsp3) is 0.452. The van der Waals surface area contributed by atoms with Crippen LogP contribution in [0.5, 0.6) is 0 Å². The maximum Gasteiger partial charge on any atom is 0.410 e.